The number of cyclic esters (lactones) is 1. The maximum absolute atomic E-state index is 12.1. The largest absolute Gasteiger partial charge is 0.487 e. The average molecular weight is 475 g/mol. The molecule has 0 amide bonds. The summed E-state index contributed by atoms with van der Waals surface area (Å²) in [6.45, 7) is 1.13. The molecule has 1 rings (SSSR count). The zero-order valence-electron chi connectivity index (χ0n) is 20.4. The van der Waals surface area contributed by atoms with E-state index in [-0.39, 0.29) is 18.1 Å². The van der Waals surface area contributed by atoms with Crippen molar-refractivity contribution in [3.63, 3.8) is 0 Å². The number of carbonyl (C=O) groups is 1. The molecule has 0 bridgehead atoms. The van der Waals surface area contributed by atoms with Crippen LogP contribution in [0, 0.1) is 0 Å². The van der Waals surface area contributed by atoms with Crippen molar-refractivity contribution in [1.29, 1.82) is 0 Å². The molecule has 8 nitrogen and oxygen atoms in total. The van der Waals surface area contributed by atoms with Crippen LogP contribution in [0.3, 0.4) is 0 Å². The SMILES string of the molecule is CCCCCCCCCCCCCCCCOC1=C(OCC(O)CO)[C@@H]([C@@H](O)CO)OC1=O. The van der Waals surface area contributed by atoms with Gasteiger partial charge in [0.2, 0.25) is 5.76 Å². The van der Waals surface area contributed by atoms with Crippen molar-refractivity contribution >= 4 is 5.97 Å². The molecular weight excluding hydrogens is 428 g/mol. The van der Waals surface area contributed by atoms with Crippen molar-refractivity contribution in [2.45, 2.75) is 115 Å². The van der Waals surface area contributed by atoms with Gasteiger partial charge in [0.25, 0.3) is 0 Å². The first-order chi connectivity index (χ1) is 16.0. The predicted molar refractivity (Wildman–Crippen MR) is 125 cm³/mol. The van der Waals surface area contributed by atoms with E-state index >= 15 is 0 Å². The van der Waals surface area contributed by atoms with Gasteiger partial charge in [-0.3, -0.25) is 0 Å². The molecule has 194 valence electrons. The summed E-state index contributed by atoms with van der Waals surface area (Å²) in [4.78, 5) is 12.1. The van der Waals surface area contributed by atoms with Gasteiger partial charge in [-0.05, 0) is 6.42 Å². The minimum atomic E-state index is -1.36. The Hall–Kier alpha value is -1.35. The highest BCUT2D eigenvalue weighted by Crippen LogP contribution is 2.27. The summed E-state index contributed by atoms with van der Waals surface area (Å²) in [6.07, 6.45) is 13.7. The molecule has 3 atom stereocenters. The topological polar surface area (TPSA) is 126 Å². The molecule has 1 aliphatic heterocycles. The molecule has 4 N–H and O–H groups in total. The lowest BCUT2D eigenvalue weighted by molar-refractivity contribution is -0.148. The normalized spacial score (nSPS) is 17.8. The van der Waals surface area contributed by atoms with Crippen LogP contribution in [0.2, 0.25) is 0 Å². The van der Waals surface area contributed by atoms with Crippen LogP contribution < -0.4 is 0 Å². The zero-order chi connectivity index (χ0) is 24.3. The van der Waals surface area contributed by atoms with Crippen LogP contribution in [0.15, 0.2) is 11.5 Å². The summed E-state index contributed by atoms with van der Waals surface area (Å²) in [5.41, 5.74) is 0. The van der Waals surface area contributed by atoms with Crippen LogP contribution in [0.1, 0.15) is 96.8 Å². The average Bonchev–Trinajstić information content (AvgIpc) is 3.14. The van der Waals surface area contributed by atoms with Gasteiger partial charge < -0.3 is 34.6 Å². The molecule has 0 fully saturated rings. The maximum atomic E-state index is 12.1. The fourth-order valence-electron chi connectivity index (χ4n) is 3.79. The number of unbranched alkanes of at least 4 members (excludes halogenated alkanes) is 13. The monoisotopic (exact) mass is 474 g/mol. The van der Waals surface area contributed by atoms with E-state index in [4.69, 9.17) is 19.3 Å². The number of rotatable bonds is 22. The summed E-state index contributed by atoms with van der Waals surface area (Å²) >= 11 is 0. The van der Waals surface area contributed by atoms with E-state index < -0.39 is 37.5 Å². The third-order valence-electron chi connectivity index (χ3n) is 5.82. The van der Waals surface area contributed by atoms with Crippen molar-refractivity contribution in [1.82, 2.24) is 0 Å². The van der Waals surface area contributed by atoms with Gasteiger partial charge in [0.15, 0.2) is 11.9 Å². The molecule has 8 heteroatoms. The van der Waals surface area contributed by atoms with Crippen LogP contribution in [-0.2, 0) is 19.0 Å². The van der Waals surface area contributed by atoms with Gasteiger partial charge in [-0.25, -0.2) is 4.79 Å². The van der Waals surface area contributed by atoms with Crippen molar-refractivity contribution in [3.8, 4) is 0 Å². The standard InChI is InChI=1S/C25H46O8/c1-2-3-4-5-6-7-8-9-10-11-12-13-14-15-16-31-24-23(32-19-20(28)17-26)22(21(29)18-27)33-25(24)30/h20-22,26-29H,2-19H2,1H3/t20?,21-,22+/m0/s1. The number of aliphatic hydroxyl groups is 4. The minimum absolute atomic E-state index is 0.0561. The molecule has 0 saturated heterocycles. The lowest BCUT2D eigenvalue weighted by Gasteiger charge is -2.19. The van der Waals surface area contributed by atoms with Crippen molar-refractivity contribution in [2.24, 2.45) is 0 Å². The van der Waals surface area contributed by atoms with Gasteiger partial charge >= 0.3 is 5.97 Å². The van der Waals surface area contributed by atoms with Crippen LogP contribution in [0.5, 0.6) is 0 Å². The van der Waals surface area contributed by atoms with Crippen LogP contribution in [-0.4, -0.2) is 71.1 Å². The molecule has 0 aromatic rings. The fraction of sp³-hybridized carbons (Fsp3) is 0.880. The minimum Gasteiger partial charge on any atom is -0.487 e. The lowest BCUT2D eigenvalue weighted by atomic mass is 10.0. The van der Waals surface area contributed by atoms with Gasteiger partial charge in [0.05, 0.1) is 19.8 Å². The fourth-order valence-corrected chi connectivity index (χ4v) is 3.79. The van der Waals surface area contributed by atoms with Crippen molar-refractivity contribution < 1.29 is 39.4 Å². The highest BCUT2D eigenvalue weighted by molar-refractivity contribution is 5.89. The number of aliphatic hydroxyl groups excluding tert-OH is 4. The van der Waals surface area contributed by atoms with Gasteiger partial charge in [-0.1, -0.05) is 90.4 Å². The zero-order valence-corrected chi connectivity index (χ0v) is 20.4. The summed E-state index contributed by atoms with van der Waals surface area (Å²) < 4.78 is 16.0. The second kappa shape index (κ2) is 19.0. The van der Waals surface area contributed by atoms with E-state index in [9.17, 15) is 20.1 Å². The first-order valence-corrected chi connectivity index (χ1v) is 12.8. The Morgan fingerprint density at radius 3 is 1.79 bits per heavy atom. The van der Waals surface area contributed by atoms with Gasteiger partial charge in [-0.2, -0.15) is 0 Å². The molecule has 0 aromatic heterocycles. The Morgan fingerprint density at radius 2 is 1.30 bits per heavy atom. The number of hydrogen-bond donors (Lipinski definition) is 4. The van der Waals surface area contributed by atoms with E-state index in [0.717, 1.165) is 19.3 Å². The smallest absolute Gasteiger partial charge is 0.378 e. The molecule has 1 aliphatic rings. The second-order valence-electron chi connectivity index (χ2n) is 8.86. The molecule has 33 heavy (non-hydrogen) atoms. The Morgan fingerprint density at radius 1 is 0.788 bits per heavy atom. The van der Waals surface area contributed by atoms with Crippen LogP contribution >= 0.6 is 0 Å². The molecule has 1 unspecified atom stereocenters. The summed E-state index contributed by atoms with van der Waals surface area (Å²) in [5, 5.41) is 37.5. The molecule has 0 aliphatic carbocycles. The van der Waals surface area contributed by atoms with Gasteiger partial charge in [0, 0.05) is 0 Å². The highest BCUT2D eigenvalue weighted by atomic mass is 16.6. The molecular formula is C25H46O8. The molecule has 0 spiro atoms. The maximum Gasteiger partial charge on any atom is 0.378 e. The van der Waals surface area contributed by atoms with E-state index in [0.29, 0.717) is 6.61 Å². The van der Waals surface area contributed by atoms with E-state index in [1.54, 1.807) is 0 Å². The lowest BCUT2D eigenvalue weighted by Crippen LogP contribution is -2.33. The highest BCUT2D eigenvalue weighted by Gasteiger charge is 2.42. The predicted octanol–water partition coefficient (Wildman–Crippen LogP) is 3.34. The summed E-state index contributed by atoms with van der Waals surface area (Å²) in [7, 11) is 0. The first-order valence-electron chi connectivity index (χ1n) is 12.8. The van der Waals surface area contributed by atoms with Crippen LogP contribution in [0.25, 0.3) is 0 Å². The number of esters is 1. The quantitative estimate of drug-likeness (QED) is 0.139. The number of ether oxygens (including phenoxy) is 3. The number of hydrogen-bond acceptors (Lipinski definition) is 8. The Bertz CT molecular complexity index is 536. The van der Waals surface area contributed by atoms with Crippen molar-refractivity contribution in [3.05, 3.63) is 11.5 Å². The third kappa shape index (κ3) is 12.6. The van der Waals surface area contributed by atoms with E-state index in [1.165, 1.54) is 70.6 Å². The summed E-state index contributed by atoms with van der Waals surface area (Å²) in [5.74, 6) is -0.974. The number of carbonyl (C=O) groups excluding carboxylic acids is 1. The van der Waals surface area contributed by atoms with Crippen LogP contribution in [0.4, 0.5) is 0 Å². The second-order valence-corrected chi connectivity index (χ2v) is 8.86. The Labute approximate surface area is 198 Å². The molecule has 0 saturated carbocycles. The third-order valence-corrected chi connectivity index (χ3v) is 5.82. The van der Waals surface area contributed by atoms with Gasteiger partial charge in [0.1, 0.15) is 18.8 Å². The van der Waals surface area contributed by atoms with Crippen molar-refractivity contribution in [2.75, 3.05) is 26.4 Å². The molecule has 0 aromatic carbocycles. The Balaban J connectivity index is 2.19. The van der Waals surface area contributed by atoms with E-state index in [2.05, 4.69) is 6.92 Å². The van der Waals surface area contributed by atoms with E-state index in [1.807, 2.05) is 0 Å². The molecule has 0 radical (unpaired) electrons. The first kappa shape index (κ1) is 29.7. The molecule has 1 heterocycles. The summed E-state index contributed by atoms with van der Waals surface area (Å²) in [6, 6.07) is 0. The Kier molecular flexibility index (Phi) is 17.1. The van der Waals surface area contributed by atoms with Gasteiger partial charge in [-0.15, -0.1) is 0 Å².